The van der Waals surface area contributed by atoms with Gasteiger partial charge in [0, 0.05) is 16.6 Å². The van der Waals surface area contributed by atoms with Crippen molar-refractivity contribution in [3.05, 3.63) is 58.7 Å². The maximum atomic E-state index is 3.59. The van der Waals surface area contributed by atoms with Crippen LogP contribution in [0.2, 0.25) is 0 Å². The Morgan fingerprint density at radius 2 is 1.50 bits per heavy atom. The van der Waals surface area contributed by atoms with E-state index in [0.29, 0.717) is 6.04 Å². The summed E-state index contributed by atoms with van der Waals surface area (Å²) in [6.07, 6.45) is 2.10. The SMILES string of the molecule is CSc1ccc(NC(C)c2cc(C)c(C)cc2C)cc1. The molecule has 0 saturated carbocycles. The Balaban J connectivity index is 2.18. The first-order chi connectivity index (χ1) is 9.51. The van der Waals surface area contributed by atoms with Crippen LogP contribution in [0.25, 0.3) is 0 Å². The molecular weight excluding hydrogens is 262 g/mol. The molecule has 0 aliphatic carbocycles. The summed E-state index contributed by atoms with van der Waals surface area (Å²) in [6.45, 7) is 8.76. The molecule has 0 heterocycles. The third-order valence-corrected chi connectivity index (χ3v) is 4.57. The molecule has 0 amide bonds. The van der Waals surface area contributed by atoms with Gasteiger partial charge in [-0.3, -0.25) is 0 Å². The average molecular weight is 285 g/mol. The van der Waals surface area contributed by atoms with Crippen LogP contribution in [0.15, 0.2) is 41.3 Å². The molecule has 2 heteroatoms. The fourth-order valence-electron chi connectivity index (χ4n) is 2.46. The molecule has 0 saturated heterocycles. The van der Waals surface area contributed by atoms with Gasteiger partial charge in [-0.1, -0.05) is 12.1 Å². The number of hydrogen-bond acceptors (Lipinski definition) is 2. The van der Waals surface area contributed by atoms with E-state index in [9.17, 15) is 0 Å². The minimum Gasteiger partial charge on any atom is -0.379 e. The highest BCUT2D eigenvalue weighted by atomic mass is 32.2. The van der Waals surface area contributed by atoms with Crippen molar-refractivity contribution >= 4 is 17.4 Å². The summed E-state index contributed by atoms with van der Waals surface area (Å²) in [6, 6.07) is 13.5. The Morgan fingerprint density at radius 3 is 2.10 bits per heavy atom. The second kappa shape index (κ2) is 6.36. The molecule has 20 heavy (non-hydrogen) atoms. The smallest absolute Gasteiger partial charge is 0.0488 e. The molecule has 1 nitrogen and oxygen atoms in total. The molecule has 2 rings (SSSR count). The molecule has 0 aromatic heterocycles. The van der Waals surface area contributed by atoms with E-state index < -0.39 is 0 Å². The number of nitrogens with one attached hydrogen (secondary N) is 1. The lowest BCUT2D eigenvalue weighted by Crippen LogP contribution is -2.09. The van der Waals surface area contributed by atoms with Crippen LogP contribution in [-0.4, -0.2) is 6.26 Å². The standard InChI is InChI=1S/C18H23NS/c1-12-10-14(3)18(11-13(12)2)15(4)19-16-6-8-17(20-5)9-7-16/h6-11,15,19H,1-5H3. The molecule has 106 valence electrons. The van der Waals surface area contributed by atoms with Crippen molar-refractivity contribution in [1.29, 1.82) is 0 Å². The number of rotatable bonds is 4. The first kappa shape index (κ1) is 15.0. The van der Waals surface area contributed by atoms with Gasteiger partial charge in [0.15, 0.2) is 0 Å². The Kier molecular flexibility index (Phi) is 4.77. The van der Waals surface area contributed by atoms with Gasteiger partial charge in [-0.25, -0.2) is 0 Å². The van der Waals surface area contributed by atoms with Crippen molar-refractivity contribution in [1.82, 2.24) is 0 Å². The van der Waals surface area contributed by atoms with Crippen molar-refractivity contribution in [3.8, 4) is 0 Å². The van der Waals surface area contributed by atoms with E-state index in [4.69, 9.17) is 0 Å². The highest BCUT2D eigenvalue weighted by molar-refractivity contribution is 7.98. The predicted molar refractivity (Wildman–Crippen MR) is 90.9 cm³/mol. The summed E-state index contributed by atoms with van der Waals surface area (Å²) in [5.74, 6) is 0. The molecule has 2 aromatic rings. The molecule has 0 spiro atoms. The molecule has 2 aromatic carbocycles. The maximum Gasteiger partial charge on any atom is 0.0488 e. The van der Waals surface area contributed by atoms with Crippen LogP contribution in [0.1, 0.15) is 35.2 Å². The predicted octanol–water partition coefficient (Wildman–Crippen LogP) is 5.51. The van der Waals surface area contributed by atoms with E-state index >= 15 is 0 Å². The number of hydrogen-bond donors (Lipinski definition) is 1. The Hall–Kier alpha value is -1.41. The summed E-state index contributed by atoms with van der Waals surface area (Å²) in [5.41, 5.74) is 6.63. The number of thioether (sulfide) groups is 1. The second-order valence-electron chi connectivity index (χ2n) is 5.39. The van der Waals surface area contributed by atoms with Gasteiger partial charge in [0.1, 0.15) is 0 Å². The molecule has 1 atom stereocenters. The Labute approximate surface area is 126 Å². The van der Waals surface area contributed by atoms with Gasteiger partial charge >= 0.3 is 0 Å². The minimum absolute atomic E-state index is 0.314. The van der Waals surface area contributed by atoms with E-state index in [2.05, 4.69) is 75.7 Å². The highest BCUT2D eigenvalue weighted by Crippen LogP contribution is 2.26. The van der Waals surface area contributed by atoms with Gasteiger partial charge in [-0.05, 0) is 80.5 Å². The zero-order valence-electron chi connectivity index (χ0n) is 12.9. The van der Waals surface area contributed by atoms with Gasteiger partial charge < -0.3 is 5.32 Å². The zero-order chi connectivity index (χ0) is 14.7. The van der Waals surface area contributed by atoms with Crippen LogP contribution in [-0.2, 0) is 0 Å². The van der Waals surface area contributed by atoms with Gasteiger partial charge in [-0.15, -0.1) is 11.8 Å². The molecular formula is C18H23NS. The normalized spacial score (nSPS) is 12.2. The van der Waals surface area contributed by atoms with Crippen LogP contribution < -0.4 is 5.32 Å². The van der Waals surface area contributed by atoms with Gasteiger partial charge in [0.05, 0.1) is 0 Å². The lowest BCUT2D eigenvalue weighted by Gasteiger charge is -2.19. The molecule has 0 aliphatic heterocycles. The van der Waals surface area contributed by atoms with Crippen LogP contribution in [0.4, 0.5) is 5.69 Å². The van der Waals surface area contributed by atoms with Crippen LogP contribution in [0, 0.1) is 20.8 Å². The molecule has 0 aliphatic rings. The minimum atomic E-state index is 0.314. The molecule has 1 unspecified atom stereocenters. The van der Waals surface area contributed by atoms with Crippen LogP contribution in [0.3, 0.4) is 0 Å². The quantitative estimate of drug-likeness (QED) is 0.744. The van der Waals surface area contributed by atoms with E-state index in [1.807, 2.05) is 0 Å². The fraction of sp³-hybridized carbons (Fsp3) is 0.333. The molecule has 1 N–H and O–H groups in total. The lowest BCUT2D eigenvalue weighted by atomic mass is 9.96. The van der Waals surface area contributed by atoms with Gasteiger partial charge in [0.2, 0.25) is 0 Å². The summed E-state index contributed by atoms with van der Waals surface area (Å²) >= 11 is 1.77. The topological polar surface area (TPSA) is 12.0 Å². The maximum absolute atomic E-state index is 3.59. The monoisotopic (exact) mass is 285 g/mol. The van der Waals surface area contributed by atoms with Crippen molar-refractivity contribution in [2.75, 3.05) is 11.6 Å². The van der Waals surface area contributed by atoms with E-state index in [1.54, 1.807) is 11.8 Å². The third kappa shape index (κ3) is 3.37. The van der Waals surface area contributed by atoms with E-state index in [1.165, 1.54) is 32.8 Å². The Bertz CT molecular complexity index is 587. The summed E-state index contributed by atoms with van der Waals surface area (Å²) < 4.78 is 0. The molecule has 0 radical (unpaired) electrons. The second-order valence-corrected chi connectivity index (χ2v) is 6.27. The number of anilines is 1. The van der Waals surface area contributed by atoms with Crippen LogP contribution in [0.5, 0.6) is 0 Å². The van der Waals surface area contributed by atoms with Gasteiger partial charge in [0.25, 0.3) is 0 Å². The van der Waals surface area contributed by atoms with Gasteiger partial charge in [-0.2, -0.15) is 0 Å². The number of benzene rings is 2. The number of aryl methyl sites for hydroxylation is 3. The third-order valence-electron chi connectivity index (χ3n) is 3.82. The first-order valence-corrected chi connectivity index (χ1v) is 8.22. The summed E-state index contributed by atoms with van der Waals surface area (Å²) in [4.78, 5) is 1.30. The van der Waals surface area contributed by atoms with E-state index in [0.717, 1.165) is 0 Å². The van der Waals surface area contributed by atoms with Crippen molar-refractivity contribution in [2.24, 2.45) is 0 Å². The van der Waals surface area contributed by atoms with Crippen LogP contribution >= 0.6 is 11.8 Å². The first-order valence-electron chi connectivity index (χ1n) is 6.99. The van der Waals surface area contributed by atoms with Crippen molar-refractivity contribution < 1.29 is 0 Å². The van der Waals surface area contributed by atoms with Crippen molar-refractivity contribution in [2.45, 2.75) is 38.6 Å². The van der Waals surface area contributed by atoms with Crippen molar-refractivity contribution in [3.63, 3.8) is 0 Å². The fourth-order valence-corrected chi connectivity index (χ4v) is 2.87. The summed E-state index contributed by atoms with van der Waals surface area (Å²) in [7, 11) is 0. The lowest BCUT2D eigenvalue weighted by molar-refractivity contribution is 0.870. The van der Waals surface area contributed by atoms with E-state index in [-0.39, 0.29) is 0 Å². The molecule has 0 fully saturated rings. The average Bonchev–Trinajstić information content (AvgIpc) is 2.43. The highest BCUT2D eigenvalue weighted by Gasteiger charge is 2.10. The molecule has 0 bridgehead atoms. The largest absolute Gasteiger partial charge is 0.379 e. The summed E-state index contributed by atoms with van der Waals surface area (Å²) in [5, 5.41) is 3.59. The Morgan fingerprint density at radius 1 is 0.900 bits per heavy atom. The zero-order valence-corrected chi connectivity index (χ0v) is 13.8.